The van der Waals surface area contributed by atoms with E-state index in [-0.39, 0.29) is 0 Å². The summed E-state index contributed by atoms with van der Waals surface area (Å²) < 4.78 is 12.1. The van der Waals surface area contributed by atoms with Crippen LogP contribution >= 0.6 is 0 Å². The number of fused-ring (bicyclic) bond motifs is 1. The highest BCUT2D eigenvalue weighted by Crippen LogP contribution is 2.40. The summed E-state index contributed by atoms with van der Waals surface area (Å²) in [7, 11) is 0. The number of aliphatic hydroxyl groups is 1. The highest BCUT2D eigenvalue weighted by atomic mass is 16.5. The predicted octanol–water partition coefficient (Wildman–Crippen LogP) is 2.85. The van der Waals surface area contributed by atoms with Crippen molar-refractivity contribution >= 4 is 5.82 Å². The molecule has 9 heteroatoms. The quantitative estimate of drug-likeness (QED) is 0.495. The maximum absolute atomic E-state index is 10.8. The van der Waals surface area contributed by atoms with Gasteiger partial charge in [-0.15, -0.1) is 20.4 Å². The summed E-state index contributed by atoms with van der Waals surface area (Å²) in [6.07, 6.45) is 5.55. The van der Waals surface area contributed by atoms with Crippen LogP contribution in [0.25, 0.3) is 11.6 Å². The van der Waals surface area contributed by atoms with Gasteiger partial charge in [-0.1, -0.05) is 24.3 Å². The highest BCUT2D eigenvalue weighted by Gasteiger charge is 2.46. The van der Waals surface area contributed by atoms with Crippen molar-refractivity contribution in [2.45, 2.75) is 37.4 Å². The number of anilines is 1. The highest BCUT2D eigenvalue weighted by molar-refractivity contribution is 5.49. The summed E-state index contributed by atoms with van der Waals surface area (Å²) in [5.41, 5.74) is 2.05. The Balaban J connectivity index is 1.11. The van der Waals surface area contributed by atoms with E-state index in [4.69, 9.17) is 9.15 Å². The van der Waals surface area contributed by atoms with Crippen LogP contribution in [-0.4, -0.2) is 55.3 Å². The average Bonchev–Trinajstić information content (AvgIpc) is 3.34. The molecule has 1 aromatic carbocycles. The third-order valence-corrected chi connectivity index (χ3v) is 6.65. The summed E-state index contributed by atoms with van der Waals surface area (Å²) in [5.74, 6) is 2.50. The number of benzene rings is 1. The van der Waals surface area contributed by atoms with E-state index < -0.39 is 11.7 Å². The minimum atomic E-state index is -0.549. The summed E-state index contributed by atoms with van der Waals surface area (Å²) >= 11 is 0. The molecule has 2 aliphatic heterocycles. The average molecular weight is 457 g/mol. The lowest BCUT2D eigenvalue weighted by atomic mass is 9.80. The molecule has 172 valence electrons. The zero-order valence-corrected chi connectivity index (χ0v) is 18.5. The van der Waals surface area contributed by atoms with Crippen LogP contribution in [0.4, 0.5) is 5.82 Å². The van der Waals surface area contributed by atoms with E-state index >= 15 is 0 Å². The van der Waals surface area contributed by atoms with Crippen LogP contribution in [0.15, 0.2) is 65.3 Å². The second-order valence-corrected chi connectivity index (χ2v) is 8.80. The minimum absolute atomic E-state index is 0.341. The van der Waals surface area contributed by atoms with Crippen molar-refractivity contribution < 1.29 is 14.3 Å². The third kappa shape index (κ3) is 3.88. The zero-order valence-electron chi connectivity index (χ0n) is 18.5. The molecule has 0 amide bonds. The number of aliphatic hydroxyl groups excluding tert-OH is 1. The second kappa shape index (κ2) is 8.49. The first-order chi connectivity index (χ1) is 16.7. The summed E-state index contributed by atoms with van der Waals surface area (Å²) in [6, 6.07) is 15.6. The third-order valence-electron chi connectivity index (χ3n) is 6.65. The van der Waals surface area contributed by atoms with E-state index in [0.717, 1.165) is 35.8 Å². The number of hydrogen-bond acceptors (Lipinski definition) is 9. The number of nitrogens with zero attached hydrogens (tertiary/aromatic N) is 6. The van der Waals surface area contributed by atoms with Crippen molar-refractivity contribution in [2.24, 2.45) is 0 Å². The summed E-state index contributed by atoms with van der Waals surface area (Å²) in [5, 5.41) is 27.8. The lowest BCUT2D eigenvalue weighted by molar-refractivity contribution is -0.0810. The van der Waals surface area contributed by atoms with Gasteiger partial charge in [0.2, 0.25) is 5.89 Å². The number of para-hydroxylation sites is 1. The molecular formula is C25H24N6O3. The Kier molecular flexibility index (Phi) is 5.18. The number of hydrogen-bond donors (Lipinski definition) is 1. The molecule has 6 rings (SSSR count). The van der Waals surface area contributed by atoms with Crippen molar-refractivity contribution in [3.63, 3.8) is 0 Å². The summed E-state index contributed by atoms with van der Waals surface area (Å²) in [6.45, 7) is 1.45. The molecule has 1 N–H and O–H groups in total. The van der Waals surface area contributed by atoms with Crippen molar-refractivity contribution in [1.82, 2.24) is 25.4 Å². The number of ether oxygens (including phenoxy) is 1. The molecule has 9 nitrogen and oxygen atoms in total. The maximum atomic E-state index is 10.8. The fraction of sp³-hybridized carbons (Fsp3) is 0.320. The normalized spacial score (nSPS) is 19.0. The molecule has 0 saturated carbocycles. The number of aromatic nitrogens is 5. The Morgan fingerprint density at radius 3 is 2.65 bits per heavy atom. The molecule has 1 atom stereocenters. The van der Waals surface area contributed by atoms with Gasteiger partial charge in [0.1, 0.15) is 17.0 Å². The van der Waals surface area contributed by atoms with Gasteiger partial charge in [-0.3, -0.25) is 4.98 Å². The van der Waals surface area contributed by atoms with Crippen LogP contribution in [0.1, 0.15) is 29.9 Å². The smallest absolute Gasteiger partial charge is 0.268 e. The lowest BCUT2D eigenvalue weighted by Crippen LogP contribution is -2.57. The van der Waals surface area contributed by atoms with E-state index in [1.165, 1.54) is 0 Å². The van der Waals surface area contributed by atoms with Crippen molar-refractivity contribution in [1.29, 1.82) is 0 Å². The van der Waals surface area contributed by atoms with Crippen molar-refractivity contribution in [3.8, 4) is 17.3 Å². The summed E-state index contributed by atoms with van der Waals surface area (Å²) in [4.78, 5) is 6.27. The Morgan fingerprint density at radius 2 is 1.85 bits per heavy atom. The first-order valence-electron chi connectivity index (χ1n) is 11.4. The maximum Gasteiger partial charge on any atom is 0.268 e. The van der Waals surface area contributed by atoms with Gasteiger partial charge in [0.05, 0.1) is 12.5 Å². The van der Waals surface area contributed by atoms with Gasteiger partial charge >= 0.3 is 0 Å². The fourth-order valence-electron chi connectivity index (χ4n) is 4.72. The second-order valence-electron chi connectivity index (χ2n) is 8.80. The molecule has 1 saturated heterocycles. The Hall–Kier alpha value is -3.85. The van der Waals surface area contributed by atoms with Crippen LogP contribution in [0, 0.1) is 0 Å². The Labute approximate surface area is 196 Å². The largest absolute Gasteiger partial charge is 0.484 e. The lowest BCUT2D eigenvalue weighted by Gasteiger charge is -2.47. The van der Waals surface area contributed by atoms with Gasteiger partial charge in [-0.2, -0.15) is 0 Å². The molecule has 0 bridgehead atoms. The molecule has 34 heavy (non-hydrogen) atoms. The van der Waals surface area contributed by atoms with Crippen LogP contribution in [0.5, 0.6) is 5.75 Å². The Morgan fingerprint density at radius 1 is 0.971 bits per heavy atom. The fourth-order valence-corrected chi connectivity index (χ4v) is 4.72. The molecule has 1 spiro atoms. The minimum Gasteiger partial charge on any atom is -0.484 e. The molecule has 0 radical (unpaired) electrons. The number of pyridine rings is 1. The van der Waals surface area contributed by atoms with E-state index in [2.05, 4.69) is 30.3 Å². The van der Waals surface area contributed by atoms with Crippen LogP contribution in [0.2, 0.25) is 0 Å². The van der Waals surface area contributed by atoms with Gasteiger partial charge in [0, 0.05) is 44.7 Å². The number of piperidine rings is 1. The van der Waals surface area contributed by atoms with Crippen LogP contribution < -0.4 is 9.64 Å². The Bertz CT molecular complexity index is 1270. The predicted molar refractivity (Wildman–Crippen MR) is 123 cm³/mol. The molecule has 5 heterocycles. The van der Waals surface area contributed by atoms with E-state index in [1.54, 1.807) is 12.4 Å². The standard InChI is InChI=1S/C25H24N6O3/c32-21-15-18-5-1-2-6-20(18)34-25(21)9-12-31(13-10-25)22-8-7-19(27-28-22)24-30-29-23(33-24)14-17-4-3-11-26-16-17/h1-8,11,16,21,32H,9-10,12-15H2. The van der Waals surface area contributed by atoms with Gasteiger partial charge in [-0.05, 0) is 35.4 Å². The molecular weight excluding hydrogens is 432 g/mol. The molecule has 0 aliphatic carbocycles. The van der Waals surface area contributed by atoms with Gasteiger partial charge in [-0.25, -0.2) is 0 Å². The molecule has 2 aliphatic rings. The van der Waals surface area contributed by atoms with Crippen LogP contribution in [-0.2, 0) is 12.8 Å². The van der Waals surface area contributed by atoms with E-state index in [0.29, 0.717) is 43.2 Å². The van der Waals surface area contributed by atoms with E-state index in [1.807, 2.05) is 48.5 Å². The number of rotatable bonds is 4. The van der Waals surface area contributed by atoms with E-state index in [9.17, 15) is 5.11 Å². The van der Waals surface area contributed by atoms with Crippen molar-refractivity contribution in [3.05, 3.63) is 77.9 Å². The first kappa shape index (κ1) is 20.7. The first-order valence-corrected chi connectivity index (χ1v) is 11.4. The molecule has 3 aromatic heterocycles. The van der Waals surface area contributed by atoms with Gasteiger partial charge in [0.15, 0.2) is 5.82 Å². The molecule has 1 unspecified atom stereocenters. The van der Waals surface area contributed by atoms with Gasteiger partial charge in [0.25, 0.3) is 5.89 Å². The van der Waals surface area contributed by atoms with Gasteiger partial charge < -0.3 is 19.2 Å². The zero-order chi connectivity index (χ0) is 23.0. The van der Waals surface area contributed by atoms with Crippen LogP contribution in [0.3, 0.4) is 0 Å². The molecule has 1 fully saturated rings. The SMILES string of the molecule is OC1Cc2ccccc2OC12CCN(c1ccc(-c3nnc(Cc4cccnc4)o3)nn1)CC2. The molecule has 4 aromatic rings. The monoisotopic (exact) mass is 456 g/mol. The topological polar surface area (TPSA) is 110 Å². The van der Waals surface area contributed by atoms with Crippen molar-refractivity contribution in [2.75, 3.05) is 18.0 Å².